The number of halogens is 1. The van der Waals surface area contributed by atoms with Gasteiger partial charge in [-0.25, -0.2) is 9.18 Å². The average molecular weight is 469 g/mol. The molecule has 1 aliphatic heterocycles. The molecule has 2 amide bonds. The summed E-state index contributed by atoms with van der Waals surface area (Å²) < 4.78 is 19.1. The summed E-state index contributed by atoms with van der Waals surface area (Å²) in [5, 5.41) is 7.28. The first kappa shape index (κ1) is 22.5. The molecular weight excluding hydrogens is 443 g/mol. The number of benzene rings is 3. The summed E-state index contributed by atoms with van der Waals surface area (Å²) >= 11 is 0. The lowest BCUT2D eigenvalue weighted by atomic mass is 9.92. The molecule has 4 aromatic rings. The van der Waals surface area contributed by atoms with Crippen LogP contribution in [0.5, 0.6) is 0 Å². The zero-order valence-electron chi connectivity index (χ0n) is 19.7. The van der Waals surface area contributed by atoms with Crippen molar-refractivity contribution < 1.29 is 13.7 Å². The van der Waals surface area contributed by atoms with E-state index in [1.807, 2.05) is 56.3 Å². The van der Waals surface area contributed by atoms with Crippen molar-refractivity contribution in [3.8, 4) is 11.4 Å². The molecule has 7 heteroatoms. The molecule has 0 fully saturated rings. The molecule has 2 heterocycles. The first-order valence-electron chi connectivity index (χ1n) is 11.4. The van der Waals surface area contributed by atoms with Crippen LogP contribution in [-0.4, -0.2) is 21.1 Å². The number of rotatable bonds is 5. The van der Waals surface area contributed by atoms with Crippen LogP contribution in [0.15, 0.2) is 83.0 Å². The Labute approximate surface area is 203 Å². The van der Waals surface area contributed by atoms with Crippen LogP contribution in [0.2, 0.25) is 0 Å². The number of hydrogen-bond donors (Lipinski definition) is 1. The van der Waals surface area contributed by atoms with Gasteiger partial charge in [0.2, 0.25) is 5.82 Å². The molecule has 0 radical (unpaired) electrons. The summed E-state index contributed by atoms with van der Waals surface area (Å²) in [6.45, 7) is 6.39. The minimum atomic E-state index is -0.463. The van der Waals surface area contributed by atoms with Crippen LogP contribution < -0.4 is 5.32 Å². The maximum absolute atomic E-state index is 13.4. The predicted molar refractivity (Wildman–Crippen MR) is 131 cm³/mol. The first-order chi connectivity index (χ1) is 16.9. The number of amides is 2. The number of aryl methyl sites for hydroxylation is 2. The van der Waals surface area contributed by atoms with E-state index in [2.05, 4.69) is 28.4 Å². The number of carbonyl (C=O) groups excluding carboxylic acids is 1. The first-order valence-corrected chi connectivity index (χ1v) is 11.4. The van der Waals surface area contributed by atoms with Crippen molar-refractivity contribution in [2.24, 2.45) is 0 Å². The zero-order chi connectivity index (χ0) is 24.5. The van der Waals surface area contributed by atoms with Gasteiger partial charge in [-0.15, -0.1) is 0 Å². The van der Waals surface area contributed by atoms with E-state index < -0.39 is 6.04 Å². The number of urea groups is 1. The summed E-state index contributed by atoms with van der Waals surface area (Å²) in [5.41, 5.74) is 6.32. The molecule has 1 aliphatic rings. The smallest absolute Gasteiger partial charge is 0.322 e. The van der Waals surface area contributed by atoms with Crippen LogP contribution in [0.4, 0.5) is 9.18 Å². The van der Waals surface area contributed by atoms with Crippen LogP contribution in [-0.2, 0) is 6.54 Å². The normalized spacial score (nSPS) is 15.9. The Hall–Kier alpha value is -4.26. The minimum Gasteiger partial charge on any atom is -0.334 e. The van der Waals surface area contributed by atoms with E-state index in [0.29, 0.717) is 23.8 Å². The summed E-state index contributed by atoms with van der Waals surface area (Å²) in [7, 11) is 0. The number of hydrogen-bond acceptors (Lipinski definition) is 4. The fourth-order valence-corrected chi connectivity index (χ4v) is 4.26. The zero-order valence-corrected chi connectivity index (χ0v) is 19.7. The van der Waals surface area contributed by atoms with E-state index in [-0.39, 0.29) is 11.8 Å². The lowest BCUT2D eigenvalue weighted by Crippen LogP contribution is -2.45. The Kier molecular flexibility index (Phi) is 5.91. The van der Waals surface area contributed by atoms with Crippen LogP contribution in [0.3, 0.4) is 0 Å². The van der Waals surface area contributed by atoms with E-state index in [1.54, 1.807) is 17.0 Å². The van der Waals surface area contributed by atoms with Crippen LogP contribution >= 0.6 is 0 Å². The van der Waals surface area contributed by atoms with Crippen molar-refractivity contribution in [2.45, 2.75) is 33.4 Å². The van der Waals surface area contributed by atoms with Crippen molar-refractivity contribution in [1.82, 2.24) is 20.4 Å². The molecule has 0 spiro atoms. The van der Waals surface area contributed by atoms with Gasteiger partial charge in [0, 0.05) is 11.3 Å². The monoisotopic (exact) mass is 468 g/mol. The van der Waals surface area contributed by atoms with E-state index in [4.69, 9.17) is 4.52 Å². The third-order valence-electron chi connectivity index (χ3n) is 6.40. The Morgan fingerprint density at radius 1 is 0.971 bits per heavy atom. The van der Waals surface area contributed by atoms with Crippen molar-refractivity contribution >= 4 is 11.6 Å². The summed E-state index contributed by atoms with van der Waals surface area (Å²) in [6, 6.07) is 21.2. The van der Waals surface area contributed by atoms with Gasteiger partial charge in [0.05, 0.1) is 18.2 Å². The fraction of sp³-hybridized carbons (Fsp3) is 0.179. The molecule has 1 unspecified atom stereocenters. The summed E-state index contributed by atoms with van der Waals surface area (Å²) in [5.74, 6) is 0.325. The number of nitrogens with zero attached hydrogens (tertiary/aromatic N) is 3. The van der Waals surface area contributed by atoms with Gasteiger partial charge in [0.25, 0.3) is 5.89 Å². The highest BCUT2D eigenvalue weighted by Gasteiger charge is 2.36. The molecular formula is C28H25FN4O2. The topological polar surface area (TPSA) is 71.3 Å². The SMILES string of the molecule is CC1=C(c2nc(-c3ccc(F)cc3)no2)C(c2ccc(C)c(C)c2)NC(=O)N1Cc1ccccc1. The second-order valence-electron chi connectivity index (χ2n) is 8.73. The van der Waals surface area contributed by atoms with Gasteiger partial charge in [-0.2, -0.15) is 4.98 Å². The highest BCUT2D eigenvalue weighted by Crippen LogP contribution is 2.38. The number of aromatic nitrogens is 2. The highest BCUT2D eigenvalue weighted by molar-refractivity contribution is 5.87. The molecule has 176 valence electrons. The number of allylic oxidation sites excluding steroid dienone is 1. The van der Waals surface area contributed by atoms with E-state index >= 15 is 0 Å². The lowest BCUT2D eigenvalue weighted by Gasteiger charge is -2.35. The molecule has 0 saturated carbocycles. The maximum Gasteiger partial charge on any atom is 0.322 e. The van der Waals surface area contributed by atoms with E-state index in [0.717, 1.165) is 28.0 Å². The summed E-state index contributed by atoms with van der Waals surface area (Å²) in [4.78, 5) is 19.6. The molecule has 3 aromatic carbocycles. The Morgan fingerprint density at radius 2 is 1.71 bits per heavy atom. The summed E-state index contributed by atoms with van der Waals surface area (Å²) in [6.07, 6.45) is 0. The van der Waals surface area contributed by atoms with E-state index in [1.165, 1.54) is 17.7 Å². The molecule has 6 nitrogen and oxygen atoms in total. The molecule has 0 saturated heterocycles. The quantitative estimate of drug-likeness (QED) is 0.379. The third kappa shape index (κ3) is 4.45. The molecule has 35 heavy (non-hydrogen) atoms. The van der Waals surface area contributed by atoms with Gasteiger partial charge >= 0.3 is 6.03 Å². The minimum absolute atomic E-state index is 0.198. The lowest BCUT2D eigenvalue weighted by molar-refractivity contribution is 0.203. The van der Waals surface area contributed by atoms with Crippen molar-refractivity contribution in [3.05, 3.63) is 112 Å². The molecule has 0 bridgehead atoms. The standard InChI is InChI=1S/C28H25FN4O2/c1-17-9-10-22(15-18(17)2)25-24(27-31-26(32-35-27)21-11-13-23(29)14-12-21)19(3)33(28(34)30-25)16-20-7-5-4-6-8-20/h4-15,25H,16H2,1-3H3,(H,30,34). The van der Waals surface area contributed by atoms with Crippen LogP contribution in [0, 0.1) is 19.7 Å². The molecule has 0 aliphatic carbocycles. The second-order valence-corrected chi connectivity index (χ2v) is 8.73. The molecule has 1 atom stereocenters. The third-order valence-corrected chi connectivity index (χ3v) is 6.40. The van der Waals surface area contributed by atoms with Crippen molar-refractivity contribution in [3.63, 3.8) is 0 Å². The van der Waals surface area contributed by atoms with Gasteiger partial charge in [-0.3, -0.25) is 4.90 Å². The number of carbonyl (C=O) groups is 1. The van der Waals surface area contributed by atoms with Crippen LogP contribution in [0.1, 0.15) is 41.1 Å². The average Bonchev–Trinajstić information content (AvgIpc) is 3.34. The fourth-order valence-electron chi connectivity index (χ4n) is 4.26. The molecule has 5 rings (SSSR count). The predicted octanol–water partition coefficient (Wildman–Crippen LogP) is 6.19. The molecule has 1 aromatic heterocycles. The van der Waals surface area contributed by atoms with Gasteiger partial charge in [-0.05, 0) is 67.3 Å². The number of nitrogens with one attached hydrogen (secondary N) is 1. The largest absolute Gasteiger partial charge is 0.334 e. The maximum atomic E-state index is 13.4. The van der Waals surface area contributed by atoms with Crippen molar-refractivity contribution in [2.75, 3.05) is 0 Å². The van der Waals surface area contributed by atoms with Gasteiger partial charge < -0.3 is 9.84 Å². The van der Waals surface area contributed by atoms with Gasteiger partial charge in [-0.1, -0.05) is 53.7 Å². The van der Waals surface area contributed by atoms with Gasteiger partial charge in [0.15, 0.2) is 0 Å². The highest BCUT2D eigenvalue weighted by atomic mass is 19.1. The Morgan fingerprint density at radius 3 is 2.43 bits per heavy atom. The van der Waals surface area contributed by atoms with E-state index in [9.17, 15) is 9.18 Å². The van der Waals surface area contributed by atoms with Crippen molar-refractivity contribution in [1.29, 1.82) is 0 Å². The molecule has 1 N–H and O–H groups in total. The Balaban J connectivity index is 1.61. The van der Waals surface area contributed by atoms with Gasteiger partial charge in [0.1, 0.15) is 5.82 Å². The Bertz CT molecular complexity index is 1410. The van der Waals surface area contributed by atoms with Crippen LogP contribution in [0.25, 0.3) is 17.0 Å². The second kappa shape index (κ2) is 9.18.